The second-order valence-corrected chi connectivity index (χ2v) is 5.76. The summed E-state index contributed by atoms with van der Waals surface area (Å²) in [5.41, 5.74) is 1.19. The summed E-state index contributed by atoms with van der Waals surface area (Å²) in [5.74, 6) is 0.891. The van der Waals surface area contributed by atoms with E-state index >= 15 is 0 Å². The molecule has 1 aromatic carbocycles. The highest BCUT2D eigenvalue weighted by Gasteiger charge is 2.32. The molecule has 2 aromatic rings. The molecule has 0 N–H and O–H groups in total. The molecule has 0 saturated carbocycles. The van der Waals surface area contributed by atoms with Gasteiger partial charge in [-0.3, -0.25) is 9.69 Å². The van der Waals surface area contributed by atoms with Crippen LogP contribution in [0, 0.1) is 0 Å². The molecule has 1 aromatic heterocycles. The van der Waals surface area contributed by atoms with Crippen molar-refractivity contribution in [1.29, 1.82) is 0 Å². The van der Waals surface area contributed by atoms with E-state index in [-0.39, 0.29) is 11.2 Å². The number of pyridine rings is 1. The fourth-order valence-corrected chi connectivity index (χ4v) is 3.50. The molecule has 96 valence electrons. The van der Waals surface area contributed by atoms with Crippen LogP contribution in [0.4, 0.5) is 5.82 Å². The number of aromatic nitrogens is 1. The number of benzene rings is 1. The van der Waals surface area contributed by atoms with Crippen molar-refractivity contribution in [3.05, 3.63) is 54.2 Å². The van der Waals surface area contributed by atoms with Crippen molar-refractivity contribution >= 4 is 23.5 Å². The fourth-order valence-electron chi connectivity index (χ4n) is 2.21. The molecule has 3 rings (SSSR count). The molecule has 0 spiro atoms. The maximum Gasteiger partial charge on any atom is 0.241 e. The zero-order chi connectivity index (χ0) is 13.2. The van der Waals surface area contributed by atoms with E-state index in [0.717, 1.165) is 17.1 Å². The van der Waals surface area contributed by atoms with Crippen molar-refractivity contribution in [3.63, 3.8) is 0 Å². The molecule has 19 heavy (non-hydrogen) atoms. The van der Waals surface area contributed by atoms with Crippen molar-refractivity contribution in [1.82, 2.24) is 4.98 Å². The Morgan fingerprint density at radius 3 is 2.79 bits per heavy atom. The van der Waals surface area contributed by atoms with Crippen molar-refractivity contribution in [2.24, 2.45) is 0 Å². The Labute approximate surface area is 116 Å². The van der Waals surface area contributed by atoms with E-state index in [2.05, 4.69) is 17.1 Å². The number of carbonyl (C=O) groups is 1. The number of hydrogen-bond donors (Lipinski definition) is 0. The van der Waals surface area contributed by atoms with E-state index in [1.807, 2.05) is 30.3 Å². The van der Waals surface area contributed by atoms with Crippen molar-refractivity contribution in [3.8, 4) is 0 Å². The summed E-state index contributed by atoms with van der Waals surface area (Å²) < 4.78 is 0. The van der Waals surface area contributed by atoms with Crippen molar-refractivity contribution < 1.29 is 4.79 Å². The molecule has 0 saturated heterocycles. The van der Waals surface area contributed by atoms with Crippen LogP contribution in [0.15, 0.2) is 53.6 Å². The van der Waals surface area contributed by atoms with Crippen LogP contribution in [0.25, 0.3) is 0 Å². The van der Waals surface area contributed by atoms with Gasteiger partial charge in [-0.2, -0.15) is 0 Å². The third-order valence-corrected chi connectivity index (χ3v) is 4.43. The first-order valence-electron chi connectivity index (χ1n) is 6.19. The molecule has 1 aliphatic heterocycles. The predicted octanol–water partition coefficient (Wildman–Crippen LogP) is 2.76. The summed E-state index contributed by atoms with van der Waals surface area (Å²) in [6.45, 7) is 0. The van der Waals surface area contributed by atoms with E-state index < -0.39 is 0 Å². The molecule has 0 radical (unpaired) electrons. The summed E-state index contributed by atoms with van der Waals surface area (Å²) in [5, 5.41) is -0.0656. The van der Waals surface area contributed by atoms with Gasteiger partial charge in [-0.05, 0) is 24.1 Å². The van der Waals surface area contributed by atoms with Gasteiger partial charge in [0.1, 0.15) is 5.82 Å². The first-order valence-corrected chi connectivity index (χ1v) is 7.07. The van der Waals surface area contributed by atoms with Crippen LogP contribution in [0.1, 0.15) is 5.56 Å². The lowest BCUT2D eigenvalue weighted by Crippen LogP contribution is -2.39. The smallest absolute Gasteiger partial charge is 0.241 e. The number of hydrogen-bond acceptors (Lipinski definition) is 3. The fraction of sp³-hybridized carbons (Fsp3) is 0.200. The minimum atomic E-state index is -0.0656. The van der Waals surface area contributed by atoms with Crippen LogP contribution < -0.4 is 4.90 Å². The average molecular weight is 270 g/mol. The number of nitrogens with zero attached hydrogens (tertiary/aromatic N) is 2. The van der Waals surface area contributed by atoms with Crippen molar-refractivity contribution in [2.45, 2.75) is 16.6 Å². The number of fused-ring (bicyclic) bond motifs is 1. The van der Waals surface area contributed by atoms with Gasteiger partial charge in [0.15, 0.2) is 0 Å². The predicted molar refractivity (Wildman–Crippen MR) is 77.4 cm³/mol. The first-order chi connectivity index (χ1) is 9.25. The summed E-state index contributed by atoms with van der Waals surface area (Å²) in [7, 11) is 1.80. The summed E-state index contributed by atoms with van der Waals surface area (Å²) >= 11 is 1.61. The van der Waals surface area contributed by atoms with Crippen LogP contribution in [-0.4, -0.2) is 23.2 Å². The summed E-state index contributed by atoms with van der Waals surface area (Å²) in [6.07, 6.45) is 2.48. The van der Waals surface area contributed by atoms with Gasteiger partial charge in [0.05, 0.1) is 10.1 Å². The van der Waals surface area contributed by atoms with Crippen LogP contribution >= 0.6 is 11.8 Å². The highest BCUT2D eigenvalue weighted by atomic mass is 32.2. The third kappa shape index (κ3) is 2.36. The molecule has 2 heterocycles. The monoisotopic (exact) mass is 270 g/mol. The van der Waals surface area contributed by atoms with E-state index in [0.29, 0.717) is 0 Å². The minimum Gasteiger partial charge on any atom is -0.298 e. The van der Waals surface area contributed by atoms with E-state index in [1.165, 1.54) is 5.56 Å². The number of thioether (sulfide) groups is 1. The molecule has 1 atom stereocenters. The van der Waals surface area contributed by atoms with E-state index in [4.69, 9.17) is 0 Å². The minimum absolute atomic E-state index is 0.0656. The zero-order valence-electron chi connectivity index (χ0n) is 10.6. The van der Waals surface area contributed by atoms with Gasteiger partial charge in [-0.1, -0.05) is 30.3 Å². The van der Waals surface area contributed by atoms with Crippen LogP contribution in [0.2, 0.25) is 0 Å². The Bertz CT molecular complexity index is 600. The molecule has 1 amide bonds. The molecular formula is C15H14N2OS. The number of carbonyl (C=O) groups excluding carboxylic acids is 1. The van der Waals surface area contributed by atoms with Gasteiger partial charge in [-0.25, -0.2) is 4.98 Å². The quantitative estimate of drug-likeness (QED) is 0.841. The number of anilines is 1. The number of rotatable bonds is 2. The lowest BCUT2D eigenvalue weighted by atomic mass is 10.1. The van der Waals surface area contributed by atoms with Gasteiger partial charge in [0, 0.05) is 13.2 Å². The Kier molecular flexibility index (Phi) is 3.25. The maximum atomic E-state index is 12.4. The Morgan fingerprint density at radius 1 is 1.21 bits per heavy atom. The Hall–Kier alpha value is -1.81. The molecule has 1 unspecified atom stereocenters. The maximum absolute atomic E-state index is 12.4. The standard InChI is InChI=1S/C15H14N2OS/c1-17-14-12(8-5-9-16-14)19-13(15(17)18)10-11-6-3-2-4-7-11/h2-9,13H,10H2,1H3. The zero-order valence-corrected chi connectivity index (χ0v) is 11.4. The van der Waals surface area contributed by atoms with Gasteiger partial charge in [0.2, 0.25) is 5.91 Å². The molecule has 3 nitrogen and oxygen atoms in total. The molecule has 4 heteroatoms. The van der Waals surface area contributed by atoms with E-state index in [1.54, 1.807) is 29.9 Å². The molecule has 0 bridgehead atoms. The lowest BCUT2D eigenvalue weighted by molar-refractivity contribution is -0.118. The lowest BCUT2D eigenvalue weighted by Gasteiger charge is -2.29. The van der Waals surface area contributed by atoms with Crippen molar-refractivity contribution in [2.75, 3.05) is 11.9 Å². The summed E-state index contributed by atoms with van der Waals surface area (Å²) in [4.78, 5) is 19.4. The summed E-state index contributed by atoms with van der Waals surface area (Å²) in [6, 6.07) is 14.1. The third-order valence-electron chi connectivity index (χ3n) is 3.21. The molecule has 1 aliphatic rings. The van der Waals surface area contributed by atoms with E-state index in [9.17, 15) is 4.79 Å². The highest BCUT2D eigenvalue weighted by Crippen LogP contribution is 2.37. The molecular weight excluding hydrogens is 256 g/mol. The van der Waals surface area contributed by atoms with Gasteiger partial charge >= 0.3 is 0 Å². The second-order valence-electron chi connectivity index (χ2n) is 4.52. The largest absolute Gasteiger partial charge is 0.298 e. The first kappa shape index (κ1) is 12.2. The SMILES string of the molecule is CN1C(=O)C(Cc2ccccc2)Sc2cccnc21. The number of amides is 1. The topological polar surface area (TPSA) is 33.2 Å². The van der Waals surface area contributed by atoms with Crippen LogP contribution in [0.3, 0.4) is 0 Å². The van der Waals surface area contributed by atoms with Gasteiger partial charge < -0.3 is 0 Å². The average Bonchev–Trinajstić information content (AvgIpc) is 2.46. The Balaban J connectivity index is 1.87. The van der Waals surface area contributed by atoms with Gasteiger partial charge in [-0.15, -0.1) is 11.8 Å². The Morgan fingerprint density at radius 2 is 2.00 bits per heavy atom. The van der Waals surface area contributed by atoms with Gasteiger partial charge in [0.25, 0.3) is 0 Å². The van der Waals surface area contributed by atoms with Crippen LogP contribution in [0.5, 0.6) is 0 Å². The normalized spacial score (nSPS) is 18.3. The second kappa shape index (κ2) is 5.05. The van der Waals surface area contributed by atoms with Crippen LogP contribution in [-0.2, 0) is 11.2 Å². The highest BCUT2D eigenvalue weighted by molar-refractivity contribution is 8.01. The molecule has 0 aliphatic carbocycles. The molecule has 0 fully saturated rings.